The average Bonchev–Trinajstić information content (AvgIpc) is 2.55. The Bertz CT molecular complexity index is 529. The van der Waals surface area contributed by atoms with Crippen molar-refractivity contribution in [2.24, 2.45) is 12.8 Å². The molecule has 2 rings (SSSR count). The van der Waals surface area contributed by atoms with E-state index in [1.807, 2.05) is 25.2 Å². The zero-order valence-corrected chi connectivity index (χ0v) is 8.65. The number of methoxy groups -OCH3 is 1. The lowest BCUT2D eigenvalue weighted by Crippen LogP contribution is -2.14. The van der Waals surface area contributed by atoms with Crippen molar-refractivity contribution < 1.29 is 9.53 Å². The van der Waals surface area contributed by atoms with Crippen molar-refractivity contribution in [2.75, 3.05) is 7.11 Å². The molecule has 0 bridgehead atoms. The van der Waals surface area contributed by atoms with E-state index >= 15 is 0 Å². The van der Waals surface area contributed by atoms with Gasteiger partial charge in [-0.25, -0.2) is 0 Å². The fourth-order valence-electron chi connectivity index (χ4n) is 1.69. The largest absolute Gasteiger partial charge is 0.497 e. The summed E-state index contributed by atoms with van der Waals surface area (Å²) in [5.41, 5.74) is 6.72. The lowest BCUT2D eigenvalue weighted by molar-refractivity contribution is 0.0993. The molecule has 4 nitrogen and oxygen atoms in total. The van der Waals surface area contributed by atoms with Crippen molar-refractivity contribution in [1.82, 2.24) is 4.57 Å². The quantitative estimate of drug-likeness (QED) is 0.801. The van der Waals surface area contributed by atoms with Gasteiger partial charge in [-0.15, -0.1) is 0 Å². The number of hydrogen-bond donors (Lipinski definition) is 1. The van der Waals surface area contributed by atoms with Crippen LogP contribution < -0.4 is 10.5 Å². The summed E-state index contributed by atoms with van der Waals surface area (Å²) >= 11 is 0. The molecular formula is C11H12N2O2. The van der Waals surface area contributed by atoms with Crippen molar-refractivity contribution in [2.45, 2.75) is 0 Å². The predicted molar refractivity (Wildman–Crippen MR) is 58.0 cm³/mol. The second kappa shape index (κ2) is 3.31. The minimum absolute atomic E-state index is 0.423. The van der Waals surface area contributed by atoms with Gasteiger partial charge in [-0.05, 0) is 24.3 Å². The van der Waals surface area contributed by atoms with Crippen LogP contribution in [0.25, 0.3) is 10.9 Å². The summed E-state index contributed by atoms with van der Waals surface area (Å²) in [4.78, 5) is 11.1. The molecule has 1 heterocycles. The van der Waals surface area contributed by atoms with Gasteiger partial charge < -0.3 is 15.0 Å². The van der Waals surface area contributed by atoms with E-state index in [1.165, 1.54) is 0 Å². The van der Waals surface area contributed by atoms with Crippen LogP contribution in [-0.2, 0) is 7.05 Å². The van der Waals surface area contributed by atoms with Crippen LogP contribution in [0.15, 0.2) is 24.3 Å². The second-order valence-electron chi connectivity index (χ2n) is 3.38. The van der Waals surface area contributed by atoms with E-state index in [-0.39, 0.29) is 0 Å². The zero-order chi connectivity index (χ0) is 11.0. The normalized spacial score (nSPS) is 10.5. The van der Waals surface area contributed by atoms with Crippen molar-refractivity contribution in [3.8, 4) is 5.75 Å². The number of ether oxygens (including phenoxy) is 1. The number of carbonyl (C=O) groups excluding carboxylic acids is 1. The van der Waals surface area contributed by atoms with Crippen molar-refractivity contribution >= 4 is 16.8 Å². The third-order valence-corrected chi connectivity index (χ3v) is 2.50. The summed E-state index contributed by atoms with van der Waals surface area (Å²) in [5, 5.41) is 0.950. The van der Waals surface area contributed by atoms with Crippen LogP contribution in [0, 0.1) is 0 Å². The number of nitrogens with zero attached hydrogens (tertiary/aromatic N) is 1. The highest BCUT2D eigenvalue weighted by atomic mass is 16.5. The molecule has 0 atom stereocenters. The summed E-state index contributed by atoms with van der Waals surface area (Å²) < 4.78 is 6.88. The molecule has 1 aromatic carbocycles. The number of fused-ring (bicyclic) bond motifs is 1. The second-order valence-corrected chi connectivity index (χ2v) is 3.38. The number of aryl methyl sites for hydroxylation is 1. The molecule has 0 saturated heterocycles. The van der Waals surface area contributed by atoms with E-state index in [0.717, 1.165) is 16.7 Å². The predicted octanol–water partition coefficient (Wildman–Crippen LogP) is 1.29. The first-order chi connectivity index (χ1) is 7.13. The Hall–Kier alpha value is -1.97. The van der Waals surface area contributed by atoms with Crippen LogP contribution in [0.4, 0.5) is 0 Å². The molecule has 0 radical (unpaired) electrons. The van der Waals surface area contributed by atoms with Gasteiger partial charge in [0.25, 0.3) is 5.91 Å². The maximum Gasteiger partial charge on any atom is 0.265 e. The molecule has 0 spiro atoms. The number of carbonyl (C=O) groups is 1. The molecule has 0 aliphatic carbocycles. The number of benzene rings is 1. The third kappa shape index (κ3) is 1.44. The lowest BCUT2D eigenvalue weighted by atomic mass is 10.2. The summed E-state index contributed by atoms with van der Waals surface area (Å²) in [6.07, 6.45) is 0. The highest BCUT2D eigenvalue weighted by Crippen LogP contribution is 2.23. The number of aromatic nitrogens is 1. The van der Waals surface area contributed by atoms with E-state index in [2.05, 4.69) is 0 Å². The summed E-state index contributed by atoms with van der Waals surface area (Å²) in [5.74, 6) is 0.344. The number of primary amides is 1. The average molecular weight is 204 g/mol. The maximum atomic E-state index is 11.1. The molecule has 2 aromatic rings. The first-order valence-corrected chi connectivity index (χ1v) is 4.56. The Morgan fingerprint density at radius 3 is 2.73 bits per heavy atom. The Morgan fingerprint density at radius 1 is 1.40 bits per heavy atom. The van der Waals surface area contributed by atoms with E-state index in [0.29, 0.717) is 5.69 Å². The molecular weight excluding hydrogens is 192 g/mol. The van der Waals surface area contributed by atoms with Crippen molar-refractivity contribution in [1.29, 1.82) is 0 Å². The Balaban J connectivity index is 2.70. The number of rotatable bonds is 2. The summed E-state index contributed by atoms with van der Waals surface area (Å²) in [7, 11) is 3.42. The van der Waals surface area contributed by atoms with Crippen LogP contribution in [-0.4, -0.2) is 17.6 Å². The molecule has 1 aromatic heterocycles. The van der Waals surface area contributed by atoms with Gasteiger partial charge in [0.05, 0.1) is 7.11 Å². The zero-order valence-electron chi connectivity index (χ0n) is 8.65. The fraction of sp³-hybridized carbons (Fsp3) is 0.182. The van der Waals surface area contributed by atoms with Gasteiger partial charge in [-0.2, -0.15) is 0 Å². The molecule has 78 valence electrons. The van der Waals surface area contributed by atoms with E-state index in [9.17, 15) is 4.79 Å². The fourth-order valence-corrected chi connectivity index (χ4v) is 1.69. The molecule has 0 aliphatic rings. The van der Waals surface area contributed by atoms with Crippen LogP contribution in [0.1, 0.15) is 10.5 Å². The maximum absolute atomic E-state index is 11.1. The summed E-state index contributed by atoms with van der Waals surface area (Å²) in [6.45, 7) is 0. The van der Waals surface area contributed by atoms with Gasteiger partial charge in [0.2, 0.25) is 0 Å². The Morgan fingerprint density at radius 2 is 2.13 bits per heavy atom. The van der Waals surface area contributed by atoms with Crippen LogP contribution in [0.3, 0.4) is 0 Å². The van der Waals surface area contributed by atoms with E-state index in [4.69, 9.17) is 10.5 Å². The highest BCUT2D eigenvalue weighted by molar-refractivity contribution is 5.98. The standard InChI is InChI=1S/C11H12N2O2/c1-13-9-4-3-8(15-2)5-7(9)6-10(13)11(12)14/h3-6H,1-2H3,(H2,12,14). The minimum Gasteiger partial charge on any atom is -0.497 e. The van der Waals surface area contributed by atoms with E-state index in [1.54, 1.807) is 17.7 Å². The van der Waals surface area contributed by atoms with Crippen LogP contribution in [0.5, 0.6) is 5.75 Å². The smallest absolute Gasteiger partial charge is 0.265 e. The molecule has 0 fully saturated rings. The molecule has 0 saturated carbocycles. The topological polar surface area (TPSA) is 57.2 Å². The van der Waals surface area contributed by atoms with Crippen molar-refractivity contribution in [3.63, 3.8) is 0 Å². The first-order valence-electron chi connectivity index (χ1n) is 4.56. The minimum atomic E-state index is -0.423. The molecule has 4 heteroatoms. The molecule has 1 amide bonds. The molecule has 0 unspecified atom stereocenters. The number of amides is 1. The van der Waals surface area contributed by atoms with E-state index < -0.39 is 5.91 Å². The monoisotopic (exact) mass is 204 g/mol. The third-order valence-electron chi connectivity index (χ3n) is 2.50. The lowest BCUT2D eigenvalue weighted by Gasteiger charge is -2.01. The Labute approximate surface area is 87.2 Å². The van der Waals surface area contributed by atoms with Gasteiger partial charge in [0.1, 0.15) is 11.4 Å². The Kier molecular flexibility index (Phi) is 2.11. The van der Waals surface area contributed by atoms with Gasteiger partial charge in [0.15, 0.2) is 0 Å². The summed E-state index contributed by atoms with van der Waals surface area (Å²) in [6, 6.07) is 7.40. The van der Waals surface area contributed by atoms with Gasteiger partial charge in [-0.1, -0.05) is 0 Å². The van der Waals surface area contributed by atoms with Gasteiger partial charge in [-0.3, -0.25) is 4.79 Å². The van der Waals surface area contributed by atoms with Crippen molar-refractivity contribution in [3.05, 3.63) is 30.0 Å². The highest BCUT2D eigenvalue weighted by Gasteiger charge is 2.10. The molecule has 15 heavy (non-hydrogen) atoms. The number of hydrogen-bond acceptors (Lipinski definition) is 2. The van der Waals surface area contributed by atoms with Gasteiger partial charge in [0, 0.05) is 18.0 Å². The SMILES string of the molecule is COc1ccc2c(c1)cc(C(N)=O)n2C. The number of nitrogens with two attached hydrogens (primary N) is 1. The van der Waals surface area contributed by atoms with Gasteiger partial charge >= 0.3 is 0 Å². The molecule has 0 aliphatic heterocycles. The molecule has 2 N–H and O–H groups in total. The van der Waals surface area contributed by atoms with Crippen LogP contribution in [0.2, 0.25) is 0 Å². The van der Waals surface area contributed by atoms with Crippen LogP contribution >= 0.6 is 0 Å². The first kappa shape index (κ1) is 9.58.